The summed E-state index contributed by atoms with van der Waals surface area (Å²) in [6.45, 7) is 1.51. The van der Waals surface area contributed by atoms with Gasteiger partial charge in [-0.15, -0.1) is 0 Å². The minimum atomic E-state index is -2.01. The second-order valence-electron chi connectivity index (χ2n) is 7.44. The van der Waals surface area contributed by atoms with Gasteiger partial charge in [0, 0.05) is 13.3 Å². The molecule has 0 aromatic carbocycles. The van der Waals surface area contributed by atoms with Gasteiger partial charge >= 0.3 is 5.97 Å². The quantitative estimate of drug-likeness (QED) is 0.0896. The van der Waals surface area contributed by atoms with Crippen molar-refractivity contribution in [2.24, 2.45) is 17.4 Å². The molecule has 15 nitrogen and oxygen atoms in total. The second-order valence-corrected chi connectivity index (χ2v) is 7.44. The van der Waals surface area contributed by atoms with E-state index in [4.69, 9.17) is 26.4 Å². The number of amides is 4. The van der Waals surface area contributed by atoms with Gasteiger partial charge in [0.25, 0.3) is 0 Å². The standard InChI is InChI=1S/C19H32N4O11/c1-3-9(19(33)23-10(17(20)31)4-5-13(28)29)15(18(21)32)34-16(14(30)12(27)7-25)11(6-24)22-8(2)26/h6,9-12,14-16,25,27,30H,3-5,7H2,1-2H3,(H2,20,31)(H2,21,32)(H,22,26)(H,23,33)(H,28,29)/t9?,10?,11-,12+,14+,15?,16+/m0/s1. The number of ether oxygens (including phenoxy) is 1. The molecule has 3 unspecified atom stereocenters. The van der Waals surface area contributed by atoms with Crippen LogP contribution in [0, 0.1) is 5.92 Å². The van der Waals surface area contributed by atoms with Crippen molar-refractivity contribution in [2.75, 3.05) is 6.61 Å². The van der Waals surface area contributed by atoms with Gasteiger partial charge in [0.15, 0.2) is 0 Å². The first kappa shape index (κ1) is 30.9. The monoisotopic (exact) mass is 492 g/mol. The number of carboxylic acid groups (broad SMARTS) is 1. The number of aldehydes is 1. The molecule has 0 fully saturated rings. The molecule has 34 heavy (non-hydrogen) atoms. The first-order valence-corrected chi connectivity index (χ1v) is 10.3. The van der Waals surface area contributed by atoms with Crippen LogP contribution < -0.4 is 22.1 Å². The minimum absolute atomic E-state index is 0.124. The molecule has 0 rings (SSSR count). The third kappa shape index (κ3) is 9.78. The number of aliphatic hydroxyl groups excluding tert-OH is 3. The fourth-order valence-electron chi connectivity index (χ4n) is 3.03. The predicted molar refractivity (Wildman–Crippen MR) is 112 cm³/mol. The summed E-state index contributed by atoms with van der Waals surface area (Å²) in [5, 5.41) is 42.4. The summed E-state index contributed by atoms with van der Waals surface area (Å²) in [6, 6.07) is -3.02. The van der Waals surface area contributed by atoms with Crippen LogP contribution in [0.15, 0.2) is 0 Å². The van der Waals surface area contributed by atoms with Crippen molar-refractivity contribution in [1.82, 2.24) is 10.6 Å². The zero-order valence-electron chi connectivity index (χ0n) is 18.7. The van der Waals surface area contributed by atoms with Gasteiger partial charge in [0.1, 0.15) is 42.8 Å². The lowest BCUT2D eigenvalue weighted by Crippen LogP contribution is -2.58. The van der Waals surface area contributed by atoms with Crippen molar-refractivity contribution in [3.63, 3.8) is 0 Å². The van der Waals surface area contributed by atoms with Crippen molar-refractivity contribution in [3.8, 4) is 0 Å². The second kappa shape index (κ2) is 14.9. The Balaban J connectivity index is 6.00. The Kier molecular flexibility index (Phi) is 13.5. The molecular formula is C19H32N4O11. The van der Waals surface area contributed by atoms with Crippen LogP contribution in [0.4, 0.5) is 0 Å². The lowest BCUT2D eigenvalue weighted by atomic mass is 9.95. The molecule has 0 aromatic heterocycles. The summed E-state index contributed by atoms with van der Waals surface area (Å²) in [6.07, 6.45) is -8.36. The lowest BCUT2D eigenvalue weighted by Gasteiger charge is -2.34. The number of carbonyl (C=O) groups is 6. The third-order valence-corrected chi connectivity index (χ3v) is 4.82. The highest BCUT2D eigenvalue weighted by Crippen LogP contribution is 2.20. The molecule has 10 N–H and O–H groups in total. The van der Waals surface area contributed by atoms with Crippen LogP contribution in [0.2, 0.25) is 0 Å². The van der Waals surface area contributed by atoms with E-state index in [0.29, 0.717) is 0 Å². The van der Waals surface area contributed by atoms with E-state index in [-0.39, 0.29) is 19.1 Å². The van der Waals surface area contributed by atoms with Crippen LogP contribution in [0.1, 0.15) is 33.1 Å². The SMILES string of the molecule is CCC(C(=O)NC(CCC(=O)O)C(N)=O)C(O[C@@H]([C@H](O)[C@H](O)CO)[C@H](C=O)NC(C)=O)C(N)=O. The van der Waals surface area contributed by atoms with E-state index in [1.165, 1.54) is 6.92 Å². The largest absolute Gasteiger partial charge is 0.481 e. The summed E-state index contributed by atoms with van der Waals surface area (Å²) < 4.78 is 5.45. The summed E-state index contributed by atoms with van der Waals surface area (Å²) in [4.78, 5) is 70.3. The Morgan fingerprint density at radius 2 is 1.65 bits per heavy atom. The van der Waals surface area contributed by atoms with Crippen molar-refractivity contribution in [1.29, 1.82) is 0 Å². The zero-order chi connectivity index (χ0) is 26.6. The topological polar surface area (TPSA) is 269 Å². The molecule has 4 amide bonds. The molecule has 0 bridgehead atoms. The molecule has 0 aromatic rings. The Hall–Kier alpha value is -3.14. The molecule has 0 aliphatic carbocycles. The van der Waals surface area contributed by atoms with Crippen molar-refractivity contribution in [2.45, 2.75) is 69.6 Å². The van der Waals surface area contributed by atoms with E-state index in [9.17, 15) is 39.0 Å². The average molecular weight is 492 g/mol. The maximum atomic E-state index is 12.8. The number of hydrogen-bond acceptors (Lipinski definition) is 10. The van der Waals surface area contributed by atoms with E-state index >= 15 is 0 Å². The normalized spacial score (nSPS) is 17.2. The number of nitrogens with one attached hydrogen (secondary N) is 2. The maximum absolute atomic E-state index is 12.8. The van der Waals surface area contributed by atoms with Crippen molar-refractivity contribution in [3.05, 3.63) is 0 Å². The Bertz CT molecular complexity index is 748. The van der Waals surface area contributed by atoms with Gasteiger partial charge in [-0.25, -0.2) is 0 Å². The number of aliphatic carboxylic acids is 1. The summed E-state index contributed by atoms with van der Waals surface area (Å²) in [7, 11) is 0. The van der Waals surface area contributed by atoms with E-state index < -0.39 is 85.0 Å². The molecule has 0 aliphatic heterocycles. The Labute approximate surface area is 194 Å². The van der Waals surface area contributed by atoms with Gasteiger partial charge < -0.3 is 52.1 Å². The fourth-order valence-corrected chi connectivity index (χ4v) is 3.03. The van der Waals surface area contributed by atoms with Crippen LogP contribution in [-0.2, 0) is 33.5 Å². The van der Waals surface area contributed by atoms with Crippen LogP contribution in [-0.4, -0.2) is 99.4 Å². The Morgan fingerprint density at radius 3 is 2.03 bits per heavy atom. The van der Waals surface area contributed by atoms with E-state index in [1.807, 2.05) is 0 Å². The molecule has 0 saturated heterocycles. The van der Waals surface area contributed by atoms with Gasteiger partial charge in [0.05, 0.1) is 12.5 Å². The van der Waals surface area contributed by atoms with E-state index in [1.54, 1.807) is 0 Å². The summed E-state index contributed by atoms with van der Waals surface area (Å²) in [5.74, 6) is -6.64. The third-order valence-electron chi connectivity index (χ3n) is 4.82. The number of hydrogen-bond donors (Lipinski definition) is 8. The fraction of sp³-hybridized carbons (Fsp3) is 0.684. The molecule has 0 spiro atoms. The van der Waals surface area contributed by atoms with Gasteiger partial charge in [0.2, 0.25) is 23.6 Å². The number of nitrogens with two attached hydrogens (primary N) is 2. The molecule has 15 heteroatoms. The summed E-state index contributed by atoms with van der Waals surface area (Å²) >= 11 is 0. The van der Waals surface area contributed by atoms with Crippen molar-refractivity contribution < 1.29 is 53.9 Å². The molecule has 7 atom stereocenters. The van der Waals surface area contributed by atoms with Crippen LogP contribution >= 0.6 is 0 Å². The molecule has 0 radical (unpaired) electrons. The van der Waals surface area contributed by atoms with Gasteiger partial charge in [-0.05, 0) is 12.8 Å². The average Bonchev–Trinajstić information content (AvgIpc) is 2.75. The number of rotatable bonds is 17. The predicted octanol–water partition coefficient (Wildman–Crippen LogP) is -4.50. The highest BCUT2D eigenvalue weighted by molar-refractivity contribution is 5.92. The molecule has 0 saturated carbocycles. The van der Waals surface area contributed by atoms with Crippen molar-refractivity contribution >= 4 is 35.9 Å². The van der Waals surface area contributed by atoms with Crippen LogP contribution in [0.5, 0.6) is 0 Å². The number of carbonyl (C=O) groups excluding carboxylic acids is 5. The number of primary amides is 2. The number of aliphatic hydroxyl groups is 3. The molecule has 0 heterocycles. The van der Waals surface area contributed by atoms with E-state index in [2.05, 4.69) is 10.6 Å². The van der Waals surface area contributed by atoms with Crippen LogP contribution in [0.25, 0.3) is 0 Å². The minimum Gasteiger partial charge on any atom is -0.481 e. The first-order valence-electron chi connectivity index (χ1n) is 10.3. The van der Waals surface area contributed by atoms with Crippen LogP contribution in [0.3, 0.4) is 0 Å². The molecule has 194 valence electrons. The van der Waals surface area contributed by atoms with E-state index in [0.717, 1.165) is 6.92 Å². The first-order chi connectivity index (χ1) is 15.8. The zero-order valence-corrected chi connectivity index (χ0v) is 18.7. The Morgan fingerprint density at radius 1 is 1.06 bits per heavy atom. The molecule has 0 aliphatic rings. The molecular weight excluding hydrogens is 460 g/mol. The maximum Gasteiger partial charge on any atom is 0.303 e. The summed E-state index contributed by atoms with van der Waals surface area (Å²) in [5.41, 5.74) is 10.5. The number of carboxylic acids is 1. The van der Waals surface area contributed by atoms with Gasteiger partial charge in [-0.1, -0.05) is 6.92 Å². The highest BCUT2D eigenvalue weighted by Gasteiger charge is 2.41. The lowest BCUT2D eigenvalue weighted by molar-refractivity contribution is -0.168. The van der Waals surface area contributed by atoms with Gasteiger partial charge in [-0.3, -0.25) is 24.0 Å². The van der Waals surface area contributed by atoms with Gasteiger partial charge in [-0.2, -0.15) is 0 Å². The highest BCUT2D eigenvalue weighted by atomic mass is 16.5. The smallest absolute Gasteiger partial charge is 0.303 e.